The topological polar surface area (TPSA) is 66.5 Å². The number of rotatable bonds is 4. The van der Waals surface area contributed by atoms with Crippen LogP contribution in [0.25, 0.3) is 0 Å². The number of benzene rings is 2. The molecule has 1 heterocycles. The van der Waals surface area contributed by atoms with E-state index in [0.29, 0.717) is 30.4 Å². The van der Waals surface area contributed by atoms with Crippen molar-refractivity contribution < 1.29 is 22.0 Å². The summed E-state index contributed by atoms with van der Waals surface area (Å²) in [5.41, 5.74) is 0.243. The Hall–Kier alpha value is -1.84. The van der Waals surface area contributed by atoms with Crippen molar-refractivity contribution in [1.29, 1.82) is 0 Å². The summed E-state index contributed by atoms with van der Waals surface area (Å²) in [4.78, 5) is 14.1. The molecule has 9 heteroatoms. The van der Waals surface area contributed by atoms with Crippen molar-refractivity contribution in [2.24, 2.45) is 0 Å². The summed E-state index contributed by atoms with van der Waals surface area (Å²) < 4.78 is 54.2. The second kappa shape index (κ2) is 8.04. The molecule has 0 aromatic heterocycles. The molecule has 5 nitrogen and oxygen atoms in total. The molecule has 2 aromatic rings. The number of sulfonamides is 1. The minimum absolute atomic E-state index is 0.00739. The van der Waals surface area contributed by atoms with E-state index in [9.17, 15) is 22.0 Å². The van der Waals surface area contributed by atoms with Crippen molar-refractivity contribution in [3.8, 4) is 0 Å². The largest absolute Gasteiger partial charge is 0.339 e. The SMILES string of the molecule is O=C(c1cc(F)cc(Br)c1)N1CCC(NS(=O)(=O)c2ccc(F)cc2)CC1. The molecule has 3 rings (SSSR count). The predicted octanol–water partition coefficient (Wildman–Crippen LogP) is 3.31. The number of nitrogens with zero attached hydrogens (tertiary/aromatic N) is 1. The van der Waals surface area contributed by atoms with Crippen LogP contribution >= 0.6 is 15.9 Å². The third-order valence-corrected chi connectivity index (χ3v) is 6.33. The highest BCUT2D eigenvalue weighted by molar-refractivity contribution is 9.10. The van der Waals surface area contributed by atoms with E-state index in [2.05, 4.69) is 20.7 Å². The van der Waals surface area contributed by atoms with Gasteiger partial charge in [-0.2, -0.15) is 0 Å². The third kappa shape index (κ3) is 4.91. The van der Waals surface area contributed by atoms with Gasteiger partial charge >= 0.3 is 0 Å². The van der Waals surface area contributed by atoms with Gasteiger partial charge < -0.3 is 4.90 Å². The molecule has 1 N–H and O–H groups in total. The Bertz CT molecular complexity index is 923. The van der Waals surface area contributed by atoms with Crippen molar-refractivity contribution in [2.45, 2.75) is 23.8 Å². The zero-order valence-electron chi connectivity index (χ0n) is 14.2. The Morgan fingerprint density at radius 3 is 2.26 bits per heavy atom. The molecule has 2 aromatic carbocycles. The van der Waals surface area contributed by atoms with Gasteiger partial charge in [0.25, 0.3) is 5.91 Å². The molecule has 1 saturated heterocycles. The second-order valence-corrected chi connectivity index (χ2v) is 8.93. The monoisotopic (exact) mass is 458 g/mol. The zero-order valence-corrected chi connectivity index (χ0v) is 16.6. The Balaban J connectivity index is 1.61. The molecule has 1 amide bonds. The number of halogens is 3. The summed E-state index contributed by atoms with van der Waals surface area (Å²) in [5.74, 6) is -1.31. The minimum Gasteiger partial charge on any atom is -0.339 e. The third-order valence-electron chi connectivity index (χ3n) is 4.34. The van der Waals surface area contributed by atoms with E-state index in [1.807, 2.05) is 0 Å². The highest BCUT2D eigenvalue weighted by Gasteiger charge is 2.27. The van der Waals surface area contributed by atoms with Gasteiger partial charge in [0.15, 0.2) is 0 Å². The predicted molar refractivity (Wildman–Crippen MR) is 99.7 cm³/mol. The molecule has 0 saturated carbocycles. The summed E-state index contributed by atoms with van der Waals surface area (Å²) >= 11 is 3.16. The molecule has 0 spiro atoms. The second-order valence-electron chi connectivity index (χ2n) is 6.30. The molecule has 1 aliphatic heterocycles. The number of amides is 1. The van der Waals surface area contributed by atoms with Gasteiger partial charge in [-0.05, 0) is 55.3 Å². The van der Waals surface area contributed by atoms with Gasteiger partial charge in [-0.1, -0.05) is 15.9 Å². The van der Waals surface area contributed by atoms with Crippen LogP contribution in [0.4, 0.5) is 8.78 Å². The maximum Gasteiger partial charge on any atom is 0.253 e. The van der Waals surface area contributed by atoms with Gasteiger partial charge in [-0.25, -0.2) is 21.9 Å². The summed E-state index contributed by atoms with van der Waals surface area (Å²) in [6.07, 6.45) is 0.866. The lowest BCUT2D eigenvalue weighted by molar-refractivity contribution is 0.0710. The van der Waals surface area contributed by atoms with E-state index in [-0.39, 0.29) is 22.4 Å². The molecule has 144 valence electrons. The molecule has 0 unspecified atom stereocenters. The standard InChI is InChI=1S/C18H17BrF2N2O3S/c19-13-9-12(10-15(21)11-13)18(24)23-7-5-16(6-8-23)22-27(25,26)17-3-1-14(20)2-4-17/h1-4,9-11,16,22H,5-8H2. The normalized spacial score (nSPS) is 15.7. The summed E-state index contributed by atoms with van der Waals surface area (Å²) in [7, 11) is -3.75. The van der Waals surface area contributed by atoms with Crippen LogP contribution in [0.15, 0.2) is 51.8 Å². The molecule has 27 heavy (non-hydrogen) atoms. The van der Waals surface area contributed by atoms with E-state index in [1.165, 1.54) is 24.3 Å². The van der Waals surface area contributed by atoms with E-state index in [0.717, 1.165) is 12.1 Å². The molecular weight excluding hydrogens is 442 g/mol. The maximum atomic E-state index is 13.5. The van der Waals surface area contributed by atoms with Crippen molar-refractivity contribution >= 4 is 31.9 Å². The summed E-state index contributed by atoms with van der Waals surface area (Å²) in [5, 5.41) is 0. The fraction of sp³-hybridized carbons (Fsp3) is 0.278. The first kappa shape index (κ1) is 19.9. The maximum absolute atomic E-state index is 13.5. The fourth-order valence-corrected chi connectivity index (χ4v) is 4.73. The van der Waals surface area contributed by atoms with Crippen LogP contribution in [0.5, 0.6) is 0 Å². The average Bonchev–Trinajstić information content (AvgIpc) is 2.61. The lowest BCUT2D eigenvalue weighted by Gasteiger charge is -2.32. The number of hydrogen-bond donors (Lipinski definition) is 1. The van der Waals surface area contributed by atoms with Gasteiger partial charge in [0.2, 0.25) is 10.0 Å². The highest BCUT2D eigenvalue weighted by atomic mass is 79.9. The lowest BCUT2D eigenvalue weighted by Crippen LogP contribution is -2.46. The van der Waals surface area contributed by atoms with Gasteiger partial charge in [0, 0.05) is 29.2 Å². The van der Waals surface area contributed by atoms with Crippen LogP contribution in [0.1, 0.15) is 23.2 Å². The Morgan fingerprint density at radius 1 is 1.04 bits per heavy atom. The number of nitrogens with one attached hydrogen (secondary N) is 1. The number of hydrogen-bond acceptors (Lipinski definition) is 3. The van der Waals surface area contributed by atoms with Crippen molar-refractivity contribution in [3.63, 3.8) is 0 Å². The number of piperidine rings is 1. The van der Waals surface area contributed by atoms with Crippen molar-refractivity contribution in [2.75, 3.05) is 13.1 Å². The first-order valence-electron chi connectivity index (χ1n) is 8.28. The Labute approximate surface area is 164 Å². The van der Waals surface area contributed by atoms with Gasteiger partial charge in [0.05, 0.1) is 4.90 Å². The quantitative estimate of drug-likeness (QED) is 0.763. The summed E-state index contributed by atoms with van der Waals surface area (Å²) in [6.45, 7) is 0.702. The highest BCUT2D eigenvalue weighted by Crippen LogP contribution is 2.20. The van der Waals surface area contributed by atoms with Gasteiger partial charge in [-0.3, -0.25) is 4.79 Å². The molecule has 0 radical (unpaired) electrons. The smallest absolute Gasteiger partial charge is 0.253 e. The molecule has 0 bridgehead atoms. The molecule has 1 aliphatic rings. The van der Waals surface area contributed by atoms with E-state index in [4.69, 9.17) is 0 Å². The van der Waals surface area contributed by atoms with E-state index < -0.39 is 21.7 Å². The molecular formula is C18H17BrF2N2O3S. The Kier molecular flexibility index (Phi) is 5.92. The molecule has 1 fully saturated rings. The van der Waals surface area contributed by atoms with Crippen molar-refractivity contribution in [1.82, 2.24) is 9.62 Å². The van der Waals surface area contributed by atoms with Gasteiger partial charge in [0.1, 0.15) is 11.6 Å². The van der Waals surface area contributed by atoms with Crippen LogP contribution in [-0.4, -0.2) is 38.4 Å². The molecule has 0 aliphatic carbocycles. The number of carbonyl (C=O) groups excluding carboxylic acids is 1. The fourth-order valence-electron chi connectivity index (χ4n) is 2.96. The van der Waals surface area contributed by atoms with Crippen LogP contribution in [0.2, 0.25) is 0 Å². The van der Waals surface area contributed by atoms with Crippen LogP contribution in [0.3, 0.4) is 0 Å². The van der Waals surface area contributed by atoms with E-state index in [1.54, 1.807) is 11.0 Å². The lowest BCUT2D eigenvalue weighted by atomic mass is 10.0. The number of carbonyl (C=O) groups is 1. The first-order valence-corrected chi connectivity index (χ1v) is 10.6. The van der Waals surface area contributed by atoms with Crippen LogP contribution in [0, 0.1) is 11.6 Å². The van der Waals surface area contributed by atoms with E-state index >= 15 is 0 Å². The van der Waals surface area contributed by atoms with Crippen molar-refractivity contribution in [3.05, 3.63) is 64.1 Å². The van der Waals surface area contributed by atoms with Crippen LogP contribution < -0.4 is 4.72 Å². The Morgan fingerprint density at radius 2 is 1.67 bits per heavy atom. The number of likely N-dealkylation sites (tertiary alicyclic amines) is 1. The minimum atomic E-state index is -3.75. The van der Waals surface area contributed by atoms with Crippen LogP contribution in [-0.2, 0) is 10.0 Å². The first-order chi connectivity index (χ1) is 12.7. The van der Waals surface area contributed by atoms with Gasteiger partial charge in [-0.15, -0.1) is 0 Å². The average molecular weight is 459 g/mol. The molecule has 0 atom stereocenters. The summed E-state index contributed by atoms with van der Waals surface area (Å²) in [6, 6.07) is 8.26. The zero-order chi connectivity index (χ0) is 19.6.